The summed E-state index contributed by atoms with van der Waals surface area (Å²) in [5.74, 6) is -5.54. The number of hydrogen-bond donors (Lipinski definition) is 0. The van der Waals surface area contributed by atoms with E-state index in [1.54, 1.807) is 12.1 Å². The van der Waals surface area contributed by atoms with Gasteiger partial charge < -0.3 is 60.6 Å². The largest absolute Gasteiger partial charge is 0.460 e. The summed E-state index contributed by atoms with van der Waals surface area (Å²) in [5.41, 5.74) is 0.359. The van der Waals surface area contributed by atoms with E-state index in [1.165, 1.54) is 48.5 Å². The van der Waals surface area contributed by atoms with Crippen LogP contribution in [0.5, 0.6) is 5.75 Å². The lowest BCUT2D eigenvalue weighted by atomic mass is 10.3. The van der Waals surface area contributed by atoms with E-state index < -0.39 is 167 Å². The van der Waals surface area contributed by atoms with Crippen LogP contribution < -0.4 is 4.84 Å². The Morgan fingerprint density at radius 3 is 1.07 bits per heavy atom. The fraction of sp³-hybridized carbons (Fsp3) is 0.438. The maximum absolute atomic E-state index is 12.8. The third-order valence-corrected chi connectivity index (χ3v) is 19.4. The van der Waals surface area contributed by atoms with Gasteiger partial charge in [-0.15, -0.1) is 0 Å². The van der Waals surface area contributed by atoms with Gasteiger partial charge in [0.1, 0.15) is 59.5 Å². The second-order valence-electron chi connectivity index (χ2n) is 16.1. The molecule has 2 rings (SSSR count). The average Bonchev–Trinajstić information content (AvgIpc) is 3.59. The molecule has 0 N–H and O–H groups in total. The number of hydrogen-bond acceptors (Lipinski definition) is 26. The molecule has 0 spiro atoms. The van der Waals surface area contributed by atoms with Gasteiger partial charge in [0.15, 0.2) is 5.75 Å². The van der Waals surface area contributed by atoms with E-state index in [2.05, 4.69) is 93.8 Å². The highest BCUT2D eigenvalue weighted by molar-refractivity contribution is 9.11. The highest BCUT2D eigenvalue weighted by Gasteiger charge is 2.55. The lowest BCUT2D eigenvalue weighted by Crippen LogP contribution is -2.37. The summed E-state index contributed by atoms with van der Waals surface area (Å²) in [5, 5.41) is 0. The molecule has 1 aromatic carbocycles. The number of esters is 7. The molecule has 0 aromatic heterocycles. The van der Waals surface area contributed by atoms with Crippen LogP contribution in [0, 0.1) is 0 Å². The summed E-state index contributed by atoms with van der Waals surface area (Å²) in [6.07, 6.45) is 0. The second kappa shape index (κ2) is 38.1. The second-order valence-corrected chi connectivity index (χ2v) is 26.4. The fourth-order valence-corrected chi connectivity index (χ4v) is 17.2. The molecule has 0 saturated carbocycles. The predicted octanol–water partition coefficient (Wildman–Crippen LogP) is 10.6. The first kappa shape index (κ1) is 73.2. The van der Waals surface area contributed by atoms with Gasteiger partial charge in [0.2, 0.25) is 0 Å². The average molecular weight is 1410 g/mol. The number of ether oxygens (including phenoxy) is 7. The molecule has 3 atom stereocenters. The van der Waals surface area contributed by atoms with E-state index in [4.69, 9.17) is 74.8 Å². The zero-order valence-corrected chi connectivity index (χ0v) is 54.0. The zero-order chi connectivity index (χ0) is 61.0. The molecule has 0 radical (unpaired) electrons. The van der Waals surface area contributed by atoms with Crippen molar-refractivity contribution in [1.82, 2.24) is 13.8 Å². The van der Waals surface area contributed by atoms with Crippen molar-refractivity contribution in [3.05, 3.63) is 111 Å². The fourth-order valence-electron chi connectivity index (χ4n) is 4.68. The van der Waals surface area contributed by atoms with Gasteiger partial charge in [-0.1, -0.05) is 71.2 Å². The molecule has 1 aliphatic heterocycles. The summed E-state index contributed by atoms with van der Waals surface area (Å²) in [7, 11) is -13.7. The van der Waals surface area contributed by atoms with Crippen LogP contribution in [-0.2, 0) is 99.0 Å². The molecule has 0 amide bonds. The van der Waals surface area contributed by atoms with Crippen LogP contribution in [0.3, 0.4) is 0 Å². The third-order valence-electron chi connectivity index (χ3n) is 8.48. The van der Waals surface area contributed by atoms with Gasteiger partial charge in [-0.3, -0.25) is 9.68 Å². The molecule has 1 aromatic rings. The number of carbonyl (C=O) groups excluding carboxylic acids is 7. The molecule has 33 heteroatoms. The van der Waals surface area contributed by atoms with Gasteiger partial charge in [0.25, 0.3) is 25.3 Å². The van der Waals surface area contributed by atoms with Crippen molar-refractivity contribution in [3.63, 3.8) is 0 Å². The number of halogens is 3. The molecule has 81 heavy (non-hydrogen) atoms. The summed E-state index contributed by atoms with van der Waals surface area (Å²) in [6.45, 7) is 28.5. The summed E-state index contributed by atoms with van der Waals surface area (Å²) in [6, 6.07) is 3.23. The van der Waals surface area contributed by atoms with Gasteiger partial charge in [0.05, 0.1) is 42.0 Å². The minimum Gasteiger partial charge on any atom is -0.460 e. The van der Waals surface area contributed by atoms with Crippen LogP contribution in [0.15, 0.2) is 115 Å². The Kier molecular flexibility index (Phi) is 34.4. The van der Waals surface area contributed by atoms with Crippen molar-refractivity contribution in [2.24, 2.45) is 4.52 Å². The lowest BCUT2D eigenvalue weighted by molar-refractivity contribution is -0.146. The third kappa shape index (κ3) is 26.2. The molecule has 450 valence electrons. The Hall–Kier alpha value is -3.95. The lowest BCUT2D eigenvalue weighted by Gasteiger charge is -2.46. The van der Waals surface area contributed by atoms with Gasteiger partial charge in [-0.2, -0.15) is 4.52 Å². The van der Waals surface area contributed by atoms with Crippen molar-refractivity contribution in [1.29, 1.82) is 0 Å². The van der Waals surface area contributed by atoms with Crippen LogP contribution in [0.1, 0.15) is 48.5 Å². The summed E-state index contributed by atoms with van der Waals surface area (Å²) >= 11 is 10.6. The SMILES string of the molecule is C=C(C)C(=O)OCCON1P(OCCOC(=O)C(=C)C)N=P(OCCOC(=O)C(=C)C)(OCCOC(=O)C(=C)C)N(Oc2c(Br)cc(Br)cc2Br)P(OCCOC(=O)C(=C)C)N(OCCOC(=O)C(=C)C)P1OCCOC(=O)C(=C)C. The molecule has 1 aliphatic rings. The molecule has 3 unspecified atom stereocenters. The number of rotatable bonds is 37. The van der Waals surface area contributed by atoms with E-state index in [1.807, 2.05) is 0 Å². The van der Waals surface area contributed by atoms with Crippen molar-refractivity contribution >= 4 is 123 Å². The van der Waals surface area contributed by atoms with Crippen molar-refractivity contribution in [2.45, 2.75) is 48.5 Å². The van der Waals surface area contributed by atoms with E-state index in [9.17, 15) is 33.6 Å². The van der Waals surface area contributed by atoms with Gasteiger partial charge in [0, 0.05) is 48.1 Å². The van der Waals surface area contributed by atoms with Crippen LogP contribution in [0.4, 0.5) is 0 Å². The van der Waals surface area contributed by atoms with E-state index in [0.29, 0.717) is 4.47 Å². The molecule has 1 heterocycles. The monoisotopic (exact) mass is 1410 g/mol. The van der Waals surface area contributed by atoms with Crippen molar-refractivity contribution in [3.8, 4) is 5.75 Å². The first-order valence-electron chi connectivity index (χ1n) is 23.6. The molecular formula is C48H65Br3N4O22P4. The normalized spacial score (nSPS) is 16.2. The Balaban J connectivity index is 3.42. The highest BCUT2D eigenvalue weighted by Crippen LogP contribution is 2.79. The Labute approximate surface area is 499 Å². The predicted molar refractivity (Wildman–Crippen MR) is 308 cm³/mol. The number of nitrogens with zero attached hydrogens (tertiary/aromatic N) is 4. The molecule has 0 aliphatic carbocycles. The van der Waals surface area contributed by atoms with E-state index in [0.717, 1.165) is 13.8 Å². The maximum Gasteiger partial charge on any atom is 0.338 e. The van der Waals surface area contributed by atoms with Crippen molar-refractivity contribution in [2.75, 3.05) is 92.5 Å². The van der Waals surface area contributed by atoms with E-state index >= 15 is 0 Å². The van der Waals surface area contributed by atoms with E-state index in [-0.39, 0.29) is 53.7 Å². The molecular weight excluding hydrogens is 1350 g/mol. The molecule has 26 nitrogen and oxygen atoms in total. The van der Waals surface area contributed by atoms with Crippen LogP contribution in [0.25, 0.3) is 0 Å². The number of carbonyl (C=O) groups is 7. The Bertz CT molecular complexity index is 2510. The molecule has 0 bridgehead atoms. The van der Waals surface area contributed by atoms with Crippen LogP contribution in [-0.4, -0.2) is 148 Å². The van der Waals surface area contributed by atoms with Gasteiger partial charge >= 0.3 is 49.4 Å². The topological polar surface area (TPSA) is 280 Å². The first-order valence-corrected chi connectivity index (χ1v) is 31.0. The molecule has 0 saturated heterocycles. The van der Waals surface area contributed by atoms with Gasteiger partial charge in [-0.25, -0.2) is 33.6 Å². The minimum absolute atomic E-state index is 0.0190. The van der Waals surface area contributed by atoms with Crippen LogP contribution in [0.2, 0.25) is 0 Å². The maximum atomic E-state index is 12.8. The summed E-state index contributed by atoms with van der Waals surface area (Å²) in [4.78, 5) is 109. The molecule has 0 fully saturated rings. The minimum atomic E-state index is -4.77. The van der Waals surface area contributed by atoms with Gasteiger partial charge in [-0.05, 0) is 92.5 Å². The number of benzene rings is 1. The van der Waals surface area contributed by atoms with Crippen LogP contribution >= 0.6 is 80.8 Å². The first-order chi connectivity index (χ1) is 38.1. The smallest absolute Gasteiger partial charge is 0.338 e. The standard InChI is InChI=1S/C48H65Br3N4O22P4/c1-31(2)42(56)63-15-22-70-53-78(72-24-17-65-44(58)33(5)6)52-81(75-27-20-68-47(61)36(11)12,76-28-21-69-48(62)37(13)14)55(77-41-39(50)29-38(49)30-40(41)51)80(74-26-19-67-46(60)35(9)10)54(71-23-16-64-43(57)32(3)4)79(53)73-25-18-66-45(59)34(7)8/h29-30H,1,3,5,7,9,11,13,15-28H2,2,4,6,8,10,12,14H3. The Morgan fingerprint density at radius 2 is 0.728 bits per heavy atom. The van der Waals surface area contributed by atoms with Crippen molar-refractivity contribution < 1.29 is 104 Å². The zero-order valence-electron chi connectivity index (χ0n) is 45.7. The summed E-state index contributed by atoms with van der Waals surface area (Å²) < 4.78 is 80.4. The quantitative estimate of drug-likeness (QED) is 0.0197. The highest BCUT2D eigenvalue weighted by atomic mass is 79.9. The Morgan fingerprint density at radius 1 is 0.432 bits per heavy atom.